The lowest BCUT2D eigenvalue weighted by molar-refractivity contribution is 0.0563. The minimum absolute atomic E-state index is 0.0689. The van der Waals surface area contributed by atoms with Gasteiger partial charge in [0.25, 0.3) is 5.56 Å². The van der Waals surface area contributed by atoms with E-state index in [0.29, 0.717) is 11.4 Å². The molecule has 0 fully saturated rings. The zero-order chi connectivity index (χ0) is 21.4. The molecule has 4 aromatic rings. The number of nitrogens with zero attached hydrogens (tertiary/aromatic N) is 4. The van der Waals surface area contributed by atoms with Gasteiger partial charge >= 0.3 is 11.7 Å². The molecule has 4 rings (SSSR count). The van der Waals surface area contributed by atoms with E-state index in [2.05, 4.69) is 9.72 Å². The maximum Gasteiger partial charge on any atom is 0.373 e. The van der Waals surface area contributed by atoms with E-state index in [1.165, 1.54) is 28.6 Å². The molecular weight excluding hydrogens is 388 g/mol. The summed E-state index contributed by atoms with van der Waals surface area (Å²) in [6, 6.07) is 10.6. The molecule has 0 amide bonds. The first-order chi connectivity index (χ1) is 14.4. The summed E-state index contributed by atoms with van der Waals surface area (Å²) < 4.78 is 14.4. The molecule has 154 valence electrons. The van der Waals surface area contributed by atoms with E-state index in [0.717, 1.165) is 5.56 Å². The van der Waals surface area contributed by atoms with Crippen LogP contribution in [-0.2, 0) is 17.8 Å². The van der Waals surface area contributed by atoms with Gasteiger partial charge in [0, 0.05) is 6.54 Å². The van der Waals surface area contributed by atoms with Gasteiger partial charge in [-0.3, -0.25) is 9.36 Å². The van der Waals surface area contributed by atoms with Crippen LogP contribution in [0.1, 0.15) is 28.8 Å². The average Bonchev–Trinajstić information content (AvgIpc) is 3.37. The fraction of sp³-hybridized carbons (Fsp3) is 0.238. The SMILES string of the molecule is CCn1c(=O)c2c(ncn2Cc2ccc(C(=O)OC)o2)n(-c2ccc(C)cc2)c1=O. The number of benzene rings is 1. The molecule has 0 aliphatic heterocycles. The Morgan fingerprint density at radius 3 is 2.53 bits per heavy atom. The maximum absolute atomic E-state index is 13.0. The highest BCUT2D eigenvalue weighted by molar-refractivity contribution is 5.86. The lowest BCUT2D eigenvalue weighted by Crippen LogP contribution is -2.39. The summed E-state index contributed by atoms with van der Waals surface area (Å²) in [5, 5.41) is 0. The van der Waals surface area contributed by atoms with E-state index in [9.17, 15) is 14.4 Å². The number of aromatic nitrogens is 4. The van der Waals surface area contributed by atoms with Crippen molar-refractivity contribution >= 4 is 17.1 Å². The van der Waals surface area contributed by atoms with Crippen LogP contribution in [0.2, 0.25) is 0 Å². The van der Waals surface area contributed by atoms with Crippen molar-refractivity contribution in [1.82, 2.24) is 18.7 Å². The van der Waals surface area contributed by atoms with E-state index < -0.39 is 17.2 Å². The summed E-state index contributed by atoms with van der Waals surface area (Å²) >= 11 is 0. The van der Waals surface area contributed by atoms with E-state index in [-0.39, 0.29) is 30.0 Å². The summed E-state index contributed by atoms with van der Waals surface area (Å²) in [5.74, 6) is -0.0667. The lowest BCUT2D eigenvalue weighted by Gasteiger charge is -2.11. The van der Waals surface area contributed by atoms with Gasteiger partial charge in [-0.1, -0.05) is 17.7 Å². The number of imidazole rings is 1. The minimum atomic E-state index is -0.585. The molecule has 9 nitrogen and oxygen atoms in total. The van der Waals surface area contributed by atoms with Gasteiger partial charge in [0.1, 0.15) is 5.76 Å². The van der Waals surface area contributed by atoms with E-state index in [1.54, 1.807) is 17.6 Å². The predicted molar refractivity (Wildman–Crippen MR) is 109 cm³/mol. The smallest absolute Gasteiger partial charge is 0.373 e. The van der Waals surface area contributed by atoms with Gasteiger partial charge in [0.05, 0.1) is 25.7 Å². The third-order valence-electron chi connectivity index (χ3n) is 4.88. The molecule has 0 unspecified atom stereocenters. The van der Waals surface area contributed by atoms with Crippen LogP contribution in [0.3, 0.4) is 0 Å². The van der Waals surface area contributed by atoms with Crippen molar-refractivity contribution in [2.24, 2.45) is 0 Å². The highest BCUT2D eigenvalue weighted by atomic mass is 16.5. The molecule has 0 radical (unpaired) electrons. The standard InChI is InChI=1S/C21H20N4O5/c1-4-24-19(26)17-18(25(21(24)28)14-7-5-13(2)6-8-14)22-12-23(17)11-15-9-10-16(30-15)20(27)29-3/h5-10,12H,4,11H2,1-3H3. The third-order valence-corrected chi connectivity index (χ3v) is 4.88. The third kappa shape index (κ3) is 3.14. The van der Waals surface area contributed by atoms with Crippen molar-refractivity contribution in [3.8, 4) is 5.69 Å². The van der Waals surface area contributed by atoms with Crippen LogP contribution in [0.4, 0.5) is 0 Å². The van der Waals surface area contributed by atoms with Gasteiger partial charge < -0.3 is 13.7 Å². The van der Waals surface area contributed by atoms with Crippen LogP contribution >= 0.6 is 0 Å². The van der Waals surface area contributed by atoms with E-state index in [1.807, 2.05) is 31.2 Å². The quantitative estimate of drug-likeness (QED) is 0.469. The first kappa shape index (κ1) is 19.4. The average molecular weight is 408 g/mol. The molecule has 0 bridgehead atoms. The fourth-order valence-corrected chi connectivity index (χ4v) is 3.35. The Hall–Kier alpha value is -3.88. The van der Waals surface area contributed by atoms with Gasteiger partial charge in [-0.25, -0.2) is 19.1 Å². The van der Waals surface area contributed by atoms with Crippen LogP contribution in [0.15, 0.2) is 56.7 Å². The topological polar surface area (TPSA) is 101 Å². The second-order valence-electron chi connectivity index (χ2n) is 6.81. The van der Waals surface area contributed by atoms with Crippen LogP contribution in [0, 0.1) is 6.92 Å². The van der Waals surface area contributed by atoms with E-state index in [4.69, 9.17) is 4.42 Å². The monoisotopic (exact) mass is 408 g/mol. The number of carbonyl (C=O) groups excluding carboxylic acids is 1. The molecular formula is C21H20N4O5. The Morgan fingerprint density at radius 1 is 1.13 bits per heavy atom. The van der Waals surface area contributed by atoms with Crippen molar-refractivity contribution in [3.05, 3.63) is 80.6 Å². The number of aryl methyl sites for hydroxylation is 1. The van der Waals surface area contributed by atoms with Crippen molar-refractivity contribution in [1.29, 1.82) is 0 Å². The first-order valence-electron chi connectivity index (χ1n) is 9.39. The molecule has 0 aliphatic carbocycles. The zero-order valence-corrected chi connectivity index (χ0v) is 16.8. The van der Waals surface area contributed by atoms with Crippen LogP contribution in [0.25, 0.3) is 16.9 Å². The minimum Gasteiger partial charge on any atom is -0.463 e. The van der Waals surface area contributed by atoms with Gasteiger partial charge in [-0.05, 0) is 38.1 Å². The molecule has 0 N–H and O–H groups in total. The highest BCUT2D eigenvalue weighted by Crippen LogP contribution is 2.16. The number of esters is 1. The summed E-state index contributed by atoms with van der Waals surface area (Å²) in [4.78, 5) is 42.0. The second kappa shape index (κ2) is 7.51. The highest BCUT2D eigenvalue weighted by Gasteiger charge is 2.19. The van der Waals surface area contributed by atoms with Crippen molar-refractivity contribution in [3.63, 3.8) is 0 Å². The Kier molecular flexibility index (Phi) is 4.86. The number of ether oxygens (including phenoxy) is 1. The van der Waals surface area contributed by atoms with Crippen LogP contribution in [-0.4, -0.2) is 31.8 Å². The zero-order valence-electron chi connectivity index (χ0n) is 16.8. The van der Waals surface area contributed by atoms with Crippen molar-refractivity contribution in [2.45, 2.75) is 26.9 Å². The van der Waals surface area contributed by atoms with Gasteiger partial charge in [0.15, 0.2) is 11.2 Å². The largest absolute Gasteiger partial charge is 0.463 e. The van der Waals surface area contributed by atoms with Crippen LogP contribution in [0.5, 0.6) is 0 Å². The molecule has 3 aromatic heterocycles. The van der Waals surface area contributed by atoms with Gasteiger partial charge in [-0.2, -0.15) is 0 Å². The number of hydrogen-bond acceptors (Lipinski definition) is 6. The van der Waals surface area contributed by atoms with E-state index >= 15 is 0 Å². The number of carbonyl (C=O) groups is 1. The summed E-state index contributed by atoms with van der Waals surface area (Å²) in [6.07, 6.45) is 1.48. The molecule has 0 aliphatic rings. The number of hydrogen-bond donors (Lipinski definition) is 0. The fourth-order valence-electron chi connectivity index (χ4n) is 3.35. The number of rotatable bonds is 5. The van der Waals surface area contributed by atoms with Gasteiger partial charge in [0.2, 0.25) is 5.76 Å². The van der Waals surface area contributed by atoms with Crippen molar-refractivity contribution in [2.75, 3.05) is 7.11 Å². The molecule has 9 heteroatoms. The van der Waals surface area contributed by atoms with Crippen molar-refractivity contribution < 1.29 is 13.9 Å². The van der Waals surface area contributed by atoms with Gasteiger partial charge in [-0.15, -0.1) is 0 Å². The predicted octanol–water partition coefficient (Wildman–Crippen LogP) is 2.11. The Balaban J connectivity index is 1.89. The molecule has 0 saturated carbocycles. The number of methoxy groups -OCH3 is 1. The molecule has 0 spiro atoms. The molecule has 3 heterocycles. The summed E-state index contributed by atoms with van der Waals surface area (Å²) in [6.45, 7) is 4.08. The number of fused-ring (bicyclic) bond motifs is 1. The first-order valence-corrected chi connectivity index (χ1v) is 9.39. The molecule has 30 heavy (non-hydrogen) atoms. The Bertz CT molecular complexity index is 1360. The lowest BCUT2D eigenvalue weighted by atomic mass is 10.2. The second-order valence-corrected chi connectivity index (χ2v) is 6.81. The maximum atomic E-state index is 13.0. The van der Waals surface area contributed by atoms with Crippen LogP contribution < -0.4 is 11.2 Å². The molecule has 0 saturated heterocycles. The summed E-state index contributed by atoms with van der Waals surface area (Å²) in [7, 11) is 1.27. The molecule has 0 atom stereocenters. The Labute approximate surface area is 170 Å². The number of furan rings is 1. The molecule has 1 aromatic carbocycles. The summed E-state index contributed by atoms with van der Waals surface area (Å²) in [5.41, 5.74) is 1.32. The normalized spacial score (nSPS) is 11.2. The Morgan fingerprint density at radius 2 is 1.87 bits per heavy atom.